The Hall–Kier alpha value is -1.16. The first-order valence-electron chi connectivity index (χ1n) is 6.09. The number of hydrogen-bond acceptors (Lipinski definition) is 3. The number of H-pyrrole nitrogens is 1. The average Bonchev–Trinajstić information content (AvgIpc) is 2.72. The van der Waals surface area contributed by atoms with Crippen molar-refractivity contribution in [2.75, 3.05) is 12.4 Å². The molecule has 0 spiro atoms. The zero-order valence-electron chi connectivity index (χ0n) is 10.3. The largest absolute Gasteiger partial charge is 0.494 e. The first-order chi connectivity index (χ1) is 8.33. The Morgan fingerprint density at radius 3 is 3.00 bits per heavy atom. The summed E-state index contributed by atoms with van der Waals surface area (Å²) in [6, 6.07) is 5.98. The van der Waals surface area contributed by atoms with Crippen molar-refractivity contribution in [1.82, 2.24) is 9.97 Å². The molecule has 0 atom stereocenters. The highest BCUT2D eigenvalue weighted by Crippen LogP contribution is 2.23. The van der Waals surface area contributed by atoms with Crippen LogP contribution in [-0.4, -0.2) is 22.3 Å². The molecule has 0 aliphatic carbocycles. The number of hydrogen-bond donors (Lipinski definition) is 1. The zero-order chi connectivity index (χ0) is 12.1. The van der Waals surface area contributed by atoms with Crippen molar-refractivity contribution in [3.63, 3.8) is 0 Å². The molecule has 0 saturated carbocycles. The molecule has 92 valence electrons. The van der Waals surface area contributed by atoms with Crippen LogP contribution in [0.4, 0.5) is 0 Å². The van der Waals surface area contributed by atoms with E-state index < -0.39 is 0 Å². The van der Waals surface area contributed by atoms with Crippen LogP contribution in [0.2, 0.25) is 0 Å². The monoisotopic (exact) mass is 250 g/mol. The van der Waals surface area contributed by atoms with Crippen molar-refractivity contribution in [2.45, 2.75) is 31.8 Å². The van der Waals surface area contributed by atoms with Crippen LogP contribution in [0.15, 0.2) is 23.4 Å². The molecule has 2 aromatic rings. The maximum absolute atomic E-state index is 5.47. The highest BCUT2D eigenvalue weighted by atomic mass is 32.2. The number of unbranched alkanes of at least 4 members (excludes halogenated alkanes) is 1. The number of aromatic amines is 1. The van der Waals surface area contributed by atoms with Gasteiger partial charge in [0.2, 0.25) is 0 Å². The summed E-state index contributed by atoms with van der Waals surface area (Å²) in [5.41, 5.74) is 2.06. The van der Waals surface area contributed by atoms with Gasteiger partial charge >= 0.3 is 0 Å². The number of imidazole rings is 1. The molecule has 3 nitrogen and oxygen atoms in total. The molecule has 0 unspecified atom stereocenters. The molecule has 1 aromatic carbocycles. The predicted molar refractivity (Wildman–Crippen MR) is 72.9 cm³/mol. The van der Waals surface area contributed by atoms with Crippen molar-refractivity contribution < 1.29 is 4.74 Å². The van der Waals surface area contributed by atoms with Gasteiger partial charge in [0, 0.05) is 11.8 Å². The molecular weight excluding hydrogens is 232 g/mol. The van der Waals surface area contributed by atoms with E-state index in [1.165, 1.54) is 12.8 Å². The van der Waals surface area contributed by atoms with Crippen molar-refractivity contribution >= 4 is 22.8 Å². The lowest BCUT2D eigenvalue weighted by molar-refractivity contribution is 0.340. The minimum absolute atomic E-state index is 0.692. The van der Waals surface area contributed by atoms with Crippen LogP contribution in [-0.2, 0) is 0 Å². The summed E-state index contributed by atoms with van der Waals surface area (Å²) in [6.45, 7) is 4.88. The summed E-state index contributed by atoms with van der Waals surface area (Å²) in [5, 5.41) is 1.00. The second-order valence-corrected chi connectivity index (χ2v) is 4.94. The van der Waals surface area contributed by atoms with Crippen LogP contribution < -0.4 is 4.74 Å². The normalized spacial score (nSPS) is 10.9. The zero-order valence-corrected chi connectivity index (χ0v) is 11.1. The smallest absolute Gasteiger partial charge is 0.166 e. The van der Waals surface area contributed by atoms with E-state index in [4.69, 9.17) is 4.74 Å². The fourth-order valence-corrected chi connectivity index (χ4v) is 2.57. The van der Waals surface area contributed by atoms with Gasteiger partial charge in [0.05, 0.1) is 17.6 Å². The number of rotatable bonds is 6. The molecule has 1 heterocycles. The fourth-order valence-electron chi connectivity index (χ4n) is 1.60. The molecule has 4 heteroatoms. The standard InChI is InChI=1S/C13H18N2OS/c1-3-5-8-17-13-14-11-7-6-10(16-4-2)9-12(11)15-13/h6-7,9H,3-5,8H2,1-2H3,(H,14,15). The molecule has 1 N–H and O–H groups in total. The topological polar surface area (TPSA) is 37.9 Å². The highest BCUT2D eigenvalue weighted by Gasteiger charge is 2.04. The predicted octanol–water partition coefficient (Wildman–Crippen LogP) is 3.85. The number of benzene rings is 1. The molecular formula is C13H18N2OS. The van der Waals surface area contributed by atoms with E-state index in [2.05, 4.69) is 16.9 Å². The van der Waals surface area contributed by atoms with E-state index in [0.717, 1.165) is 27.7 Å². The lowest BCUT2D eigenvalue weighted by atomic mass is 10.3. The highest BCUT2D eigenvalue weighted by molar-refractivity contribution is 7.99. The van der Waals surface area contributed by atoms with Crippen LogP contribution in [0.1, 0.15) is 26.7 Å². The molecule has 0 saturated heterocycles. The molecule has 0 amide bonds. The number of nitrogens with zero attached hydrogens (tertiary/aromatic N) is 1. The summed E-state index contributed by atoms with van der Waals surface area (Å²) in [5.74, 6) is 2.02. The number of nitrogens with one attached hydrogen (secondary N) is 1. The molecule has 0 bridgehead atoms. The van der Waals surface area contributed by atoms with Crippen molar-refractivity contribution in [3.8, 4) is 5.75 Å². The van der Waals surface area contributed by atoms with E-state index in [1.807, 2.05) is 25.1 Å². The molecule has 17 heavy (non-hydrogen) atoms. The summed E-state index contributed by atoms with van der Waals surface area (Å²) < 4.78 is 5.47. The van der Waals surface area contributed by atoms with Crippen molar-refractivity contribution in [1.29, 1.82) is 0 Å². The molecule has 0 aliphatic rings. The van der Waals surface area contributed by atoms with Gasteiger partial charge in [0.1, 0.15) is 5.75 Å². The number of thioether (sulfide) groups is 1. The van der Waals surface area contributed by atoms with E-state index in [9.17, 15) is 0 Å². The second-order valence-electron chi connectivity index (χ2n) is 3.86. The van der Waals surface area contributed by atoms with E-state index in [1.54, 1.807) is 11.8 Å². The van der Waals surface area contributed by atoms with Gasteiger partial charge < -0.3 is 9.72 Å². The summed E-state index contributed by atoms with van der Waals surface area (Å²) in [4.78, 5) is 7.86. The molecule has 0 aliphatic heterocycles. The third-order valence-corrected chi connectivity index (χ3v) is 3.44. The van der Waals surface area contributed by atoms with Crippen molar-refractivity contribution in [2.24, 2.45) is 0 Å². The van der Waals surface area contributed by atoms with Gasteiger partial charge in [-0.1, -0.05) is 25.1 Å². The molecule has 2 rings (SSSR count). The first kappa shape index (κ1) is 12.3. The van der Waals surface area contributed by atoms with Gasteiger partial charge in [-0.05, 0) is 25.5 Å². The number of fused-ring (bicyclic) bond motifs is 1. The first-order valence-corrected chi connectivity index (χ1v) is 7.07. The van der Waals surface area contributed by atoms with Crippen LogP contribution in [0.5, 0.6) is 5.75 Å². The summed E-state index contributed by atoms with van der Waals surface area (Å²) in [6.07, 6.45) is 2.45. The third-order valence-electron chi connectivity index (χ3n) is 2.48. The Balaban J connectivity index is 2.12. The maximum Gasteiger partial charge on any atom is 0.166 e. The van der Waals surface area contributed by atoms with Gasteiger partial charge in [-0.3, -0.25) is 0 Å². The number of ether oxygens (including phenoxy) is 1. The lowest BCUT2D eigenvalue weighted by Gasteiger charge is -2.00. The van der Waals surface area contributed by atoms with Gasteiger partial charge in [-0.2, -0.15) is 0 Å². The Labute approximate surface area is 106 Å². The minimum atomic E-state index is 0.692. The van der Waals surface area contributed by atoms with Crippen LogP contribution in [0, 0.1) is 0 Å². The Bertz CT molecular complexity index is 481. The van der Waals surface area contributed by atoms with Crippen LogP contribution in [0.3, 0.4) is 0 Å². The van der Waals surface area contributed by atoms with Crippen molar-refractivity contribution in [3.05, 3.63) is 18.2 Å². The van der Waals surface area contributed by atoms with Crippen LogP contribution in [0.25, 0.3) is 11.0 Å². The average molecular weight is 250 g/mol. The molecule has 0 fully saturated rings. The van der Waals surface area contributed by atoms with Gasteiger partial charge in [-0.15, -0.1) is 0 Å². The Kier molecular flexibility index (Phi) is 4.31. The number of aromatic nitrogens is 2. The third kappa shape index (κ3) is 3.16. The SMILES string of the molecule is CCCCSc1nc2ccc(OCC)cc2[nH]1. The van der Waals surface area contributed by atoms with Gasteiger partial charge in [0.15, 0.2) is 5.16 Å². The quantitative estimate of drug-likeness (QED) is 0.625. The summed E-state index contributed by atoms with van der Waals surface area (Å²) in [7, 11) is 0. The van der Waals surface area contributed by atoms with E-state index >= 15 is 0 Å². The van der Waals surface area contributed by atoms with Gasteiger partial charge in [-0.25, -0.2) is 4.98 Å². The maximum atomic E-state index is 5.47. The fraction of sp³-hybridized carbons (Fsp3) is 0.462. The minimum Gasteiger partial charge on any atom is -0.494 e. The van der Waals surface area contributed by atoms with Crippen LogP contribution >= 0.6 is 11.8 Å². The lowest BCUT2D eigenvalue weighted by Crippen LogP contribution is -1.90. The second kappa shape index (κ2) is 5.96. The Morgan fingerprint density at radius 1 is 1.35 bits per heavy atom. The molecule has 0 radical (unpaired) electrons. The van der Waals surface area contributed by atoms with E-state index in [-0.39, 0.29) is 0 Å². The summed E-state index contributed by atoms with van der Waals surface area (Å²) >= 11 is 1.78. The Morgan fingerprint density at radius 2 is 2.24 bits per heavy atom. The van der Waals surface area contributed by atoms with E-state index in [0.29, 0.717) is 6.61 Å². The van der Waals surface area contributed by atoms with Gasteiger partial charge in [0.25, 0.3) is 0 Å². The molecule has 1 aromatic heterocycles.